The molecule has 0 saturated carbocycles. The third-order valence-electron chi connectivity index (χ3n) is 3.43. The number of rotatable bonds is 5. The van der Waals surface area contributed by atoms with E-state index in [0.29, 0.717) is 11.4 Å². The molecule has 0 atom stereocenters. The molecule has 2 N–H and O–H groups in total. The van der Waals surface area contributed by atoms with E-state index < -0.39 is 5.91 Å². The van der Waals surface area contributed by atoms with Crippen molar-refractivity contribution in [1.82, 2.24) is 25.6 Å². The lowest BCUT2D eigenvalue weighted by Gasteiger charge is -2.02. The van der Waals surface area contributed by atoms with Gasteiger partial charge < -0.3 is 5.11 Å². The minimum Gasteiger partial charge on any atom is -0.507 e. The van der Waals surface area contributed by atoms with Gasteiger partial charge in [-0.15, -0.1) is 10.2 Å². The standard InChI is InChI=1S/C17H16N6O2/c1-12-6-5-9-14(16(12)25)10-18-19-15(24)11-23-21-17(20-22-23)13-7-3-2-4-8-13/h2-10,25H,11H2,1H3,(H,19,24)/b18-10-. The maximum atomic E-state index is 11.9. The van der Waals surface area contributed by atoms with Crippen molar-refractivity contribution in [3.63, 3.8) is 0 Å². The number of phenols is 1. The topological polar surface area (TPSA) is 105 Å². The molecule has 0 fully saturated rings. The Kier molecular flexibility index (Phi) is 4.79. The van der Waals surface area contributed by atoms with E-state index in [1.165, 1.54) is 11.0 Å². The average molecular weight is 336 g/mol. The lowest BCUT2D eigenvalue weighted by atomic mass is 10.1. The van der Waals surface area contributed by atoms with Gasteiger partial charge in [0.15, 0.2) is 0 Å². The van der Waals surface area contributed by atoms with Gasteiger partial charge in [-0.25, -0.2) is 5.43 Å². The first-order valence-electron chi connectivity index (χ1n) is 7.57. The van der Waals surface area contributed by atoms with Gasteiger partial charge in [-0.2, -0.15) is 9.90 Å². The smallest absolute Gasteiger partial charge is 0.263 e. The Labute approximate surface area is 143 Å². The van der Waals surface area contributed by atoms with Crippen LogP contribution in [0.4, 0.5) is 0 Å². The molecule has 8 heteroatoms. The molecular weight excluding hydrogens is 320 g/mol. The van der Waals surface area contributed by atoms with E-state index in [0.717, 1.165) is 11.1 Å². The molecule has 1 heterocycles. The zero-order valence-corrected chi connectivity index (χ0v) is 13.5. The highest BCUT2D eigenvalue weighted by molar-refractivity contribution is 5.85. The minimum atomic E-state index is -0.402. The van der Waals surface area contributed by atoms with Gasteiger partial charge in [0, 0.05) is 11.1 Å². The maximum Gasteiger partial charge on any atom is 0.263 e. The summed E-state index contributed by atoms with van der Waals surface area (Å²) in [6, 6.07) is 14.6. The normalized spacial score (nSPS) is 10.9. The van der Waals surface area contributed by atoms with Crippen LogP contribution in [0.5, 0.6) is 5.75 Å². The number of phenolic OH excluding ortho intramolecular Hbond substituents is 1. The van der Waals surface area contributed by atoms with E-state index in [4.69, 9.17) is 0 Å². The molecule has 3 rings (SSSR count). The molecule has 0 aliphatic heterocycles. The number of aromatic nitrogens is 4. The third-order valence-corrected chi connectivity index (χ3v) is 3.43. The van der Waals surface area contributed by atoms with Crippen molar-refractivity contribution in [2.75, 3.05) is 0 Å². The predicted octanol–water partition coefficient (Wildman–Crippen LogP) is 1.50. The Morgan fingerprint density at radius 1 is 1.24 bits per heavy atom. The van der Waals surface area contributed by atoms with Gasteiger partial charge >= 0.3 is 0 Å². The Bertz CT molecular complexity index is 905. The van der Waals surface area contributed by atoms with E-state index in [1.54, 1.807) is 25.1 Å². The number of hydrazone groups is 1. The number of carbonyl (C=O) groups is 1. The molecule has 0 radical (unpaired) electrons. The molecule has 25 heavy (non-hydrogen) atoms. The Morgan fingerprint density at radius 2 is 2.04 bits per heavy atom. The first-order valence-corrected chi connectivity index (χ1v) is 7.57. The van der Waals surface area contributed by atoms with Crippen molar-refractivity contribution in [3.8, 4) is 17.1 Å². The van der Waals surface area contributed by atoms with Crippen LogP contribution in [0.15, 0.2) is 53.6 Å². The number of para-hydroxylation sites is 1. The number of hydrogen-bond acceptors (Lipinski definition) is 6. The lowest BCUT2D eigenvalue weighted by Crippen LogP contribution is -2.24. The van der Waals surface area contributed by atoms with E-state index in [2.05, 4.69) is 25.9 Å². The van der Waals surface area contributed by atoms with Crippen LogP contribution in [0.25, 0.3) is 11.4 Å². The molecule has 1 amide bonds. The van der Waals surface area contributed by atoms with Crippen molar-refractivity contribution in [2.45, 2.75) is 13.5 Å². The summed E-state index contributed by atoms with van der Waals surface area (Å²) in [5, 5.41) is 25.6. The number of benzene rings is 2. The predicted molar refractivity (Wildman–Crippen MR) is 91.8 cm³/mol. The zero-order chi connectivity index (χ0) is 17.6. The number of aryl methyl sites for hydroxylation is 1. The van der Waals surface area contributed by atoms with Crippen molar-refractivity contribution in [2.24, 2.45) is 5.10 Å². The molecule has 1 aromatic heterocycles. The summed E-state index contributed by atoms with van der Waals surface area (Å²) in [4.78, 5) is 13.1. The summed E-state index contributed by atoms with van der Waals surface area (Å²) in [6.45, 7) is 1.67. The molecule has 0 saturated heterocycles. The second-order valence-corrected chi connectivity index (χ2v) is 5.32. The van der Waals surface area contributed by atoms with Crippen LogP contribution in [-0.2, 0) is 11.3 Å². The molecule has 0 spiro atoms. The molecule has 3 aromatic rings. The van der Waals surface area contributed by atoms with Crippen molar-refractivity contribution in [3.05, 3.63) is 59.7 Å². The number of carbonyl (C=O) groups excluding carboxylic acids is 1. The fourth-order valence-corrected chi connectivity index (χ4v) is 2.14. The fraction of sp³-hybridized carbons (Fsp3) is 0.118. The van der Waals surface area contributed by atoms with Gasteiger partial charge in [-0.1, -0.05) is 42.5 Å². The van der Waals surface area contributed by atoms with Crippen LogP contribution in [0, 0.1) is 6.92 Å². The monoisotopic (exact) mass is 336 g/mol. The largest absolute Gasteiger partial charge is 0.507 e. The summed E-state index contributed by atoms with van der Waals surface area (Å²) in [5.41, 5.74) is 4.44. The van der Waals surface area contributed by atoms with Gasteiger partial charge in [-0.3, -0.25) is 4.79 Å². The SMILES string of the molecule is Cc1cccc(/C=N\NC(=O)Cn2nnc(-c3ccccc3)n2)c1O. The highest BCUT2D eigenvalue weighted by Crippen LogP contribution is 2.19. The number of tetrazole rings is 1. The number of amides is 1. The first kappa shape index (κ1) is 16.3. The summed E-state index contributed by atoms with van der Waals surface area (Å²) in [6.07, 6.45) is 1.38. The quantitative estimate of drug-likeness (QED) is 0.543. The van der Waals surface area contributed by atoms with Crippen LogP contribution in [0.3, 0.4) is 0 Å². The zero-order valence-electron chi connectivity index (χ0n) is 13.5. The molecule has 0 unspecified atom stereocenters. The number of aromatic hydroxyl groups is 1. The third kappa shape index (κ3) is 4.05. The second-order valence-electron chi connectivity index (χ2n) is 5.32. The molecule has 8 nitrogen and oxygen atoms in total. The molecule has 126 valence electrons. The van der Waals surface area contributed by atoms with E-state index in [-0.39, 0.29) is 12.3 Å². The average Bonchev–Trinajstić information content (AvgIpc) is 3.08. The van der Waals surface area contributed by atoms with Gasteiger partial charge in [0.2, 0.25) is 5.82 Å². The van der Waals surface area contributed by atoms with Crippen molar-refractivity contribution < 1.29 is 9.90 Å². The first-order chi connectivity index (χ1) is 12.1. The Balaban J connectivity index is 1.59. The van der Waals surface area contributed by atoms with Crippen molar-refractivity contribution in [1.29, 1.82) is 0 Å². The maximum absolute atomic E-state index is 11.9. The van der Waals surface area contributed by atoms with E-state index >= 15 is 0 Å². The molecule has 0 bridgehead atoms. The van der Waals surface area contributed by atoms with Crippen molar-refractivity contribution >= 4 is 12.1 Å². The molecule has 2 aromatic carbocycles. The van der Waals surface area contributed by atoms with Gasteiger partial charge in [0.1, 0.15) is 12.3 Å². The number of nitrogens with zero attached hydrogens (tertiary/aromatic N) is 5. The molecule has 0 aliphatic carbocycles. The summed E-state index contributed by atoms with van der Waals surface area (Å²) in [5.74, 6) is 0.174. The molecular formula is C17H16N6O2. The lowest BCUT2D eigenvalue weighted by molar-refractivity contribution is -0.122. The highest BCUT2D eigenvalue weighted by Gasteiger charge is 2.08. The van der Waals surface area contributed by atoms with E-state index in [9.17, 15) is 9.90 Å². The second kappa shape index (κ2) is 7.35. The summed E-state index contributed by atoms with van der Waals surface area (Å²) >= 11 is 0. The van der Waals surface area contributed by atoms with Gasteiger partial charge in [0.05, 0.1) is 6.21 Å². The van der Waals surface area contributed by atoms with Gasteiger partial charge in [0.25, 0.3) is 5.91 Å². The van der Waals surface area contributed by atoms with Crippen LogP contribution in [0.2, 0.25) is 0 Å². The summed E-state index contributed by atoms with van der Waals surface area (Å²) < 4.78 is 0. The van der Waals surface area contributed by atoms with Crippen LogP contribution >= 0.6 is 0 Å². The minimum absolute atomic E-state index is 0.114. The van der Waals surface area contributed by atoms with Crippen LogP contribution < -0.4 is 5.43 Å². The summed E-state index contributed by atoms with van der Waals surface area (Å²) in [7, 11) is 0. The molecule has 0 aliphatic rings. The Hall–Kier alpha value is -3.55. The Morgan fingerprint density at radius 3 is 2.84 bits per heavy atom. The number of nitrogens with one attached hydrogen (secondary N) is 1. The fourth-order valence-electron chi connectivity index (χ4n) is 2.14. The number of hydrogen-bond donors (Lipinski definition) is 2. The van der Waals surface area contributed by atoms with Gasteiger partial charge in [-0.05, 0) is 23.8 Å². The van der Waals surface area contributed by atoms with Crippen LogP contribution in [-0.4, -0.2) is 37.4 Å². The van der Waals surface area contributed by atoms with Crippen LogP contribution in [0.1, 0.15) is 11.1 Å². The van der Waals surface area contributed by atoms with E-state index in [1.807, 2.05) is 30.3 Å². The highest BCUT2D eigenvalue weighted by atomic mass is 16.3.